The van der Waals surface area contributed by atoms with Gasteiger partial charge in [0.25, 0.3) is 0 Å². The smallest absolute Gasteiger partial charge is 0.117 e. The van der Waals surface area contributed by atoms with Gasteiger partial charge in [-0.3, -0.25) is 0 Å². The highest BCUT2D eigenvalue weighted by Crippen LogP contribution is 2.47. The number of rotatable bonds is 3. The van der Waals surface area contributed by atoms with Crippen molar-refractivity contribution < 1.29 is 0 Å². The molecule has 3 heteroatoms. The van der Waals surface area contributed by atoms with E-state index in [2.05, 4.69) is 29.7 Å². The first kappa shape index (κ1) is 9.85. The second kappa shape index (κ2) is 3.32. The summed E-state index contributed by atoms with van der Waals surface area (Å²) in [7, 11) is 0. The molecule has 1 aliphatic rings. The average molecular weight is 215 g/mol. The molecule has 1 aromatic heterocycles. The predicted molar refractivity (Wildman–Crippen MR) is 65.4 cm³/mol. The number of imidazole rings is 1. The number of benzene rings is 1. The predicted octanol–water partition coefficient (Wildman–Crippen LogP) is 2.05. The third-order valence-electron chi connectivity index (χ3n) is 3.69. The van der Waals surface area contributed by atoms with Crippen LogP contribution in [-0.4, -0.2) is 16.1 Å². The van der Waals surface area contributed by atoms with E-state index in [1.165, 1.54) is 24.2 Å². The molecular weight excluding hydrogens is 198 g/mol. The van der Waals surface area contributed by atoms with Gasteiger partial charge >= 0.3 is 0 Å². The van der Waals surface area contributed by atoms with Gasteiger partial charge in [-0.1, -0.05) is 12.1 Å². The van der Waals surface area contributed by atoms with Gasteiger partial charge in [0.2, 0.25) is 0 Å². The highest BCUT2D eigenvalue weighted by atomic mass is 15.1. The van der Waals surface area contributed by atoms with Crippen LogP contribution in [0.1, 0.15) is 25.6 Å². The first-order valence-corrected chi connectivity index (χ1v) is 5.96. The van der Waals surface area contributed by atoms with Crippen LogP contribution in [0.4, 0.5) is 0 Å². The Bertz CT molecular complexity index is 523. The molecule has 16 heavy (non-hydrogen) atoms. The zero-order chi connectivity index (χ0) is 11.2. The minimum atomic E-state index is 0.176. The van der Waals surface area contributed by atoms with E-state index in [9.17, 15) is 0 Å². The number of hydrogen-bond donors (Lipinski definition) is 1. The molecular formula is C13H17N3. The zero-order valence-corrected chi connectivity index (χ0v) is 9.61. The number of aromatic nitrogens is 2. The number of hydrogen-bond acceptors (Lipinski definition) is 2. The van der Waals surface area contributed by atoms with E-state index in [1.54, 1.807) is 0 Å². The van der Waals surface area contributed by atoms with Gasteiger partial charge in [0.05, 0.1) is 11.0 Å². The summed E-state index contributed by atoms with van der Waals surface area (Å²) in [5.74, 6) is 1.19. The van der Waals surface area contributed by atoms with Crippen molar-refractivity contribution in [2.45, 2.75) is 31.7 Å². The lowest BCUT2D eigenvalue weighted by Crippen LogP contribution is -2.24. The Hall–Kier alpha value is -1.35. The fourth-order valence-electron chi connectivity index (χ4n) is 2.47. The zero-order valence-electron chi connectivity index (χ0n) is 9.61. The first-order chi connectivity index (χ1) is 7.80. The van der Waals surface area contributed by atoms with Crippen molar-refractivity contribution in [1.82, 2.24) is 9.55 Å². The van der Waals surface area contributed by atoms with Crippen LogP contribution in [0, 0.1) is 0 Å². The summed E-state index contributed by atoms with van der Waals surface area (Å²) in [5.41, 5.74) is 8.40. The van der Waals surface area contributed by atoms with Crippen molar-refractivity contribution in [2.24, 2.45) is 5.73 Å². The monoisotopic (exact) mass is 215 g/mol. The molecule has 0 unspecified atom stereocenters. The van der Waals surface area contributed by atoms with E-state index in [0.717, 1.165) is 18.6 Å². The van der Waals surface area contributed by atoms with Crippen LogP contribution in [0.3, 0.4) is 0 Å². The summed E-state index contributed by atoms with van der Waals surface area (Å²) in [6.45, 7) is 3.86. The van der Waals surface area contributed by atoms with Crippen LogP contribution >= 0.6 is 0 Å². The number of fused-ring (bicyclic) bond motifs is 1. The van der Waals surface area contributed by atoms with E-state index in [1.807, 2.05) is 6.07 Å². The normalized spacial score (nSPS) is 17.9. The molecule has 0 spiro atoms. The third kappa shape index (κ3) is 1.21. The Morgan fingerprint density at radius 1 is 1.38 bits per heavy atom. The van der Waals surface area contributed by atoms with Crippen LogP contribution in [-0.2, 0) is 12.0 Å². The van der Waals surface area contributed by atoms with Gasteiger partial charge in [0, 0.05) is 18.5 Å². The van der Waals surface area contributed by atoms with Crippen LogP contribution in [0.15, 0.2) is 24.3 Å². The van der Waals surface area contributed by atoms with Gasteiger partial charge in [-0.2, -0.15) is 0 Å². The van der Waals surface area contributed by atoms with Crippen LogP contribution in [0.2, 0.25) is 0 Å². The topological polar surface area (TPSA) is 43.8 Å². The molecule has 2 N–H and O–H groups in total. The summed E-state index contributed by atoms with van der Waals surface area (Å²) < 4.78 is 2.31. The van der Waals surface area contributed by atoms with E-state index < -0.39 is 0 Å². The lowest BCUT2D eigenvalue weighted by atomic mass is 10.1. The summed E-state index contributed by atoms with van der Waals surface area (Å²) in [6.07, 6.45) is 2.37. The van der Waals surface area contributed by atoms with Crippen LogP contribution < -0.4 is 5.73 Å². The molecule has 0 amide bonds. The van der Waals surface area contributed by atoms with Crippen molar-refractivity contribution in [3.8, 4) is 0 Å². The average Bonchev–Trinajstić information content (AvgIpc) is 3.04. The molecule has 3 nitrogen and oxygen atoms in total. The van der Waals surface area contributed by atoms with Gasteiger partial charge in [-0.15, -0.1) is 0 Å². The van der Waals surface area contributed by atoms with Crippen LogP contribution in [0.25, 0.3) is 11.0 Å². The van der Waals surface area contributed by atoms with E-state index in [0.29, 0.717) is 0 Å². The maximum absolute atomic E-state index is 5.89. The van der Waals surface area contributed by atoms with Crippen molar-refractivity contribution in [2.75, 3.05) is 6.54 Å². The molecule has 0 radical (unpaired) electrons. The SMILES string of the molecule is CCn1c(C2(CN)CC2)nc2ccccc21. The van der Waals surface area contributed by atoms with Gasteiger partial charge in [0.15, 0.2) is 0 Å². The van der Waals surface area contributed by atoms with E-state index in [4.69, 9.17) is 10.7 Å². The third-order valence-corrected chi connectivity index (χ3v) is 3.69. The van der Waals surface area contributed by atoms with E-state index >= 15 is 0 Å². The maximum atomic E-state index is 5.89. The summed E-state index contributed by atoms with van der Waals surface area (Å²) in [6, 6.07) is 8.34. The Morgan fingerprint density at radius 2 is 2.12 bits per heavy atom. The largest absolute Gasteiger partial charge is 0.329 e. The molecule has 3 rings (SSSR count). The summed E-state index contributed by atoms with van der Waals surface area (Å²) in [4.78, 5) is 4.77. The molecule has 1 saturated carbocycles. The lowest BCUT2D eigenvalue weighted by molar-refractivity contribution is 0.593. The number of nitrogens with two attached hydrogens (primary N) is 1. The first-order valence-electron chi connectivity index (χ1n) is 5.96. The fourth-order valence-corrected chi connectivity index (χ4v) is 2.47. The number of nitrogens with zero attached hydrogens (tertiary/aromatic N) is 2. The Kier molecular flexibility index (Phi) is 2.04. The molecule has 1 heterocycles. The highest BCUT2D eigenvalue weighted by molar-refractivity contribution is 5.76. The molecule has 1 aliphatic carbocycles. The van der Waals surface area contributed by atoms with Gasteiger partial charge in [-0.05, 0) is 31.9 Å². The minimum Gasteiger partial charge on any atom is -0.329 e. The minimum absolute atomic E-state index is 0.176. The quantitative estimate of drug-likeness (QED) is 0.851. The van der Waals surface area contributed by atoms with Gasteiger partial charge < -0.3 is 10.3 Å². The molecule has 1 fully saturated rings. The highest BCUT2D eigenvalue weighted by Gasteiger charge is 2.46. The standard InChI is InChI=1S/C13H17N3/c1-2-16-11-6-4-3-5-10(11)15-12(16)13(9-14)7-8-13/h3-6H,2,7-9,14H2,1H3. The Labute approximate surface area is 95.3 Å². The van der Waals surface area contributed by atoms with Crippen molar-refractivity contribution in [1.29, 1.82) is 0 Å². The Morgan fingerprint density at radius 3 is 2.75 bits per heavy atom. The van der Waals surface area contributed by atoms with Gasteiger partial charge in [-0.25, -0.2) is 4.98 Å². The molecule has 0 atom stereocenters. The maximum Gasteiger partial charge on any atom is 0.117 e. The molecule has 1 aromatic carbocycles. The number of para-hydroxylation sites is 2. The fraction of sp³-hybridized carbons (Fsp3) is 0.462. The second-order valence-electron chi connectivity index (χ2n) is 4.65. The molecule has 0 bridgehead atoms. The Balaban J connectivity index is 2.24. The van der Waals surface area contributed by atoms with Crippen molar-refractivity contribution in [3.63, 3.8) is 0 Å². The lowest BCUT2D eigenvalue weighted by Gasteiger charge is -2.13. The molecule has 2 aromatic rings. The number of aryl methyl sites for hydroxylation is 1. The van der Waals surface area contributed by atoms with Crippen LogP contribution in [0.5, 0.6) is 0 Å². The van der Waals surface area contributed by atoms with E-state index in [-0.39, 0.29) is 5.41 Å². The van der Waals surface area contributed by atoms with Crippen molar-refractivity contribution in [3.05, 3.63) is 30.1 Å². The molecule has 0 aliphatic heterocycles. The molecule has 84 valence electrons. The summed E-state index contributed by atoms with van der Waals surface area (Å²) in [5, 5.41) is 0. The molecule has 0 saturated heterocycles. The second-order valence-corrected chi connectivity index (χ2v) is 4.65. The van der Waals surface area contributed by atoms with Gasteiger partial charge in [0.1, 0.15) is 5.82 Å². The van der Waals surface area contributed by atoms with Crippen molar-refractivity contribution >= 4 is 11.0 Å². The summed E-state index contributed by atoms with van der Waals surface area (Å²) >= 11 is 0.